The monoisotopic (exact) mass is 325 g/mol. The van der Waals surface area contributed by atoms with Gasteiger partial charge in [-0.2, -0.15) is 0 Å². The van der Waals surface area contributed by atoms with Crippen LogP contribution in [0.5, 0.6) is 0 Å². The van der Waals surface area contributed by atoms with Crippen LogP contribution in [0.4, 0.5) is 5.82 Å². The second-order valence-electron chi connectivity index (χ2n) is 6.11. The van der Waals surface area contributed by atoms with E-state index in [1.165, 1.54) is 18.4 Å². The second-order valence-corrected chi connectivity index (χ2v) is 7.02. The highest BCUT2D eigenvalue weighted by Crippen LogP contribution is 2.32. The lowest BCUT2D eigenvalue weighted by Crippen LogP contribution is -2.41. The van der Waals surface area contributed by atoms with Gasteiger partial charge in [0.2, 0.25) is 0 Å². The molecule has 1 fully saturated rings. The summed E-state index contributed by atoms with van der Waals surface area (Å²) in [6.07, 6.45) is 4.47. The molecule has 1 N–H and O–H groups in total. The molecule has 1 aromatic heterocycles. The Morgan fingerprint density at radius 2 is 2.26 bits per heavy atom. The van der Waals surface area contributed by atoms with Gasteiger partial charge < -0.3 is 10.2 Å². The van der Waals surface area contributed by atoms with Crippen LogP contribution in [0.1, 0.15) is 39.2 Å². The summed E-state index contributed by atoms with van der Waals surface area (Å²) in [5, 5.41) is 3.40. The van der Waals surface area contributed by atoms with Gasteiger partial charge in [-0.25, -0.2) is 4.98 Å². The Labute approximate surface area is 124 Å². The van der Waals surface area contributed by atoms with Gasteiger partial charge in [-0.1, -0.05) is 20.8 Å². The van der Waals surface area contributed by atoms with Gasteiger partial charge in [0.15, 0.2) is 0 Å². The van der Waals surface area contributed by atoms with Gasteiger partial charge in [0.25, 0.3) is 0 Å². The van der Waals surface area contributed by atoms with Crippen LogP contribution in [0.25, 0.3) is 0 Å². The number of hydrogen-bond acceptors (Lipinski definition) is 3. The lowest BCUT2D eigenvalue weighted by Gasteiger charge is -2.39. The molecule has 1 saturated heterocycles. The third-order valence-corrected chi connectivity index (χ3v) is 4.11. The van der Waals surface area contributed by atoms with E-state index >= 15 is 0 Å². The second kappa shape index (κ2) is 6.23. The van der Waals surface area contributed by atoms with Crippen LogP contribution in [0.3, 0.4) is 0 Å². The van der Waals surface area contributed by atoms with E-state index in [1.807, 2.05) is 6.20 Å². The predicted octanol–water partition coefficient (Wildman–Crippen LogP) is 3.58. The highest BCUT2D eigenvalue weighted by Gasteiger charge is 2.28. The van der Waals surface area contributed by atoms with Crippen LogP contribution >= 0.6 is 15.9 Å². The molecule has 4 heteroatoms. The summed E-state index contributed by atoms with van der Waals surface area (Å²) in [6.45, 7) is 10.9. The van der Waals surface area contributed by atoms with Crippen molar-refractivity contribution in [2.24, 2.45) is 5.41 Å². The van der Waals surface area contributed by atoms with Gasteiger partial charge >= 0.3 is 0 Å². The minimum Gasteiger partial charge on any atom is -0.356 e. The summed E-state index contributed by atoms with van der Waals surface area (Å²) in [6, 6.07) is 2.19. The van der Waals surface area contributed by atoms with Crippen molar-refractivity contribution >= 4 is 21.7 Å². The third-order valence-electron chi connectivity index (χ3n) is 3.67. The molecule has 0 spiro atoms. The maximum absolute atomic E-state index is 4.66. The molecule has 1 aliphatic heterocycles. The lowest BCUT2D eigenvalue weighted by molar-refractivity contribution is 0.291. The molecule has 0 bridgehead atoms. The van der Waals surface area contributed by atoms with Crippen LogP contribution < -0.4 is 10.2 Å². The predicted molar refractivity (Wildman–Crippen MR) is 84.5 cm³/mol. The highest BCUT2D eigenvalue weighted by atomic mass is 79.9. The maximum atomic E-state index is 4.66. The van der Waals surface area contributed by atoms with Crippen LogP contribution in [-0.4, -0.2) is 24.6 Å². The summed E-state index contributed by atoms with van der Waals surface area (Å²) in [5.74, 6) is 1.15. The van der Waals surface area contributed by atoms with Crippen molar-refractivity contribution in [3.63, 3.8) is 0 Å². The molecular weight excluding hydrogens is 302 g/mol. The molecule has 1 aliphatic rings. The Morgan fingerprint density at radius 3 is 2.95 bits per heavy atom. The molecule has 0 amide bonds. The van der Waals surface area contributed by atoms with Crippen LogP contribution in [0.2, 0.25) is 0 Å². The van der Waals surface area contributed by atoms with E-state index in [-0.39, 0.29) is 0 Å². The van der Waals surface area contributed by atoms with Gasteiger partial charge in [0.1, 0.15) is 5.82 Å². The van der Waals surface area contributed by atoms with E-state index in [1.54, 1.807) is 0 Å². The molecule has 0 unspecified atom stereocenters. The molecule has 2 rings (SSSR count). The molecule has 0 aliphatic carbocycles. The van der Waals surface area contributed by atoms with Gasteiger partial charge in [0, 0.05) is 35.9 Å². The molecule has 0 radical (unpaired) electrons. The minimum absolute atomic E-state index is 0.391. The van der Waals surface area contributed by atoms with Crippen LogP contribution in [0.15, 0.2) is 16.7 Å². The number of rotatable bonds is 4. The number of halogens is 1. The van der Waals surface area contributed by atoms with Crippen molar-refractivity contribution in [3.05, 3.63) is 22.3 Å². The zero-order chi connectivity index (χ0) is 13.9. The Hall–Kier alpha value is -0.610. The van der Waals surface area contributed by atoms with Crippen molar-refractivity contribution in [2.45, 2.75) is 40.2 Å². The lowest BCUT2D eigenvalue weighted by atomic mass is 9.84. The van der Waals surface area contributed by atoms with E-state index < -0.39 is 0 Å². The Bertz CT molecular complexity index is 431. The van der Waals surface area contributed by atoms with E-state index in [0.717, 1.165) is 36.5 Å². The fraction of sp³-hybridized carbons (Fsp3) is 0.667. The third kappa shape index (κ3) is 3.93. The number of pyridine rings is 1. The van der Waals surface area contributed by atoms with Crippen molar-refractivity contribution < 1.29 is 0 Å². The molecule has 0 aromatic carbocycles. The number of anilines is 1. The molecule has 0 atom stereocenters. The number of nitrogens with zero attached hydrogens (tertiary/aromatic N) is 2. The van der Waals surface area contributed by atoms with Gasteiger partial charge in [-0.05, 0) is 46.8 Å². The smallest absolute Gasteiger partial charge is 0.133 e. The normalized spacial score (nSPS) is 18.6. The SMILES string of the molecule is CCNCc1cc(Br)cnc1N1CCCC(C)(C)C1. The van der Waals surface area contributed by atoms with Crippen LogP contribution in [0, 0.1) is 5.41 Å². The average Bonchev–Trinajstić information content (AvgIpc) is 2.35. The van der Waals surface area contributed by atoms with Crippen molar-refractivity contribution in [2.75, 3.05) is 24.5 Å². The minimum atomic E-state index is 0.391. The largest absolute Gasteiger partial charge is 0.356 e. The Morgan fingerprint density at radius 1 is 1.47 bits per heavy atom. The first-order chi connectivity index (χ1) is 9.02. The first-order valence-electron chi connectivity index (χ1n) is 7.12. The number of piperidine rings is 1. The molecule has 2 heterocycles. The summed E-state index contributed by atoms with van der Waals surface area (Å²) in [4.78, 5) is 7.11. The summed E-state index contributed by atoms with van der Waals surface area (Å²) in [5.41, 5.74) is 1.68. The Kier molecular flexibility index (Phi) is 4.85. The topological polar surface area (TPSA) is 28.2 Å². The van der Waals surface area contributed by atoms with Gasteiger partial charge in [0.05, 0.1) is 0 Å². The van der Waals surface area contributed by atoms with E-state index in [0.29, 0.717) is 5.41 Å². The van der Waals surface area contributed by atoms with Gasteiger partial charge in [-0.15, -0.1) is 0 Å². The first kappa shape index (κ1) is 14.8. The molecule has 0 saturated carbocycles. The number of hydrogen-bond donors (Lipinski definition) is 1. The zero-order valence-corrected chi connectivity index (χ0v) is 13.8. The van der Waals surface area contributed by atoms with Crippen molar-refractivity contribution in [1.82, 2.24) is 10.3 Å². The summed E-state index contributed by atoms with van der Waals surface area (Å²) in [7, 11) is 0. The average molecular weight is 326 g/mol. The van der Waals surface area contributed by atoms with Crippen molar-refractivity contribution in [3.8, 4) is 0 Å². The van der Waals surface area contributed by atoms with Gasteiger partial charge in [-0.3, -0.25) is 0 Å². The quantitative estimate of drug-likeness (QED) is 0.917. The standard InChI is InChI=1S/C15H24BrN3/c1-4-17-9-12-8-13(16)10-18-14(12)19-7-5-6-15(2,3)11-19/h8,10,17H,4-7,9,11H2,1-3H3. The van der Waals surface area contributed by atoms with E-state index in [2.05, 4.69) is 58.0 Å². The molecule has 1 aromatic rings. The fourth-order valence-electron chi connectivity index (χ4n) is 2.75. The number of nitrogens with one attached hydrogen (secondary N) is 1. The first-order valence-corrected chi connectivity index (χ1v) is 7.91. The molecule has 3 nitrogen and oxygen atoms in total. The van der Waals surface area contributed by atoms with E-state index in [9.17, 15) is 0 Å². The maximum Gasteiger partial charge on any atom is 0.133 e. The molecular formula is C15H24BrN3. The Balaban J connectivity index is 2.22. The zero-order valence-electron chi connectivity index (χ0n) is 12.2. The summed E-state index contributed by atoms with van der Waals surface area (Å²) >= 11 is 3.53. The molecule has 19 heavy (non-hydrogen) atoms. The van der Waals surface area contributed by atoms with Crippen LogP contribution in [-0.2, 0) is 6.54 Å². The summed E-state index contributed by atoms with van der Waals surface area (Å²) < 4.78 is 1.06. The number of aromatic nitrogens is 1. The highest BCUT2D eigenvalue weighted by molar-refractivity contribution is 9.10. The molecule has 106 valence electrons. The fourth-order valence-corrected chi connectivity index (χ4v) is 3.13. The van der Waals surface area contributed by atoms with Crippen molar-refractivity contribution in [1.29, 1.82) is 0 Å². The van der Waals surface area contributed by atoms with E-state index in [4.69, 9.17) is 0 Å².